The maximum absolute atomic E-state index is 10.6. The number of aromatic nitrogens is 2. The lowest BCUT2D eigenvalue weighted by atomic mass is 9.78. The zero-order chi connectivity index (χ0) is 14.6. The number of aliphatic hydroxyl groups is 1. The quantitative estimate of drug-likeness (QED) is 0.494. The Labute approximate surface area is 129 Å². The minimum atomic E-state index is -0.622. The van der Waals surface area contributed by atoms with Crippen LogP contribution in [-0.2, 0) is 0 Å². The number of halogens is 1. The van der Waals surface area contributed by atoms with Gasteiger partial charge in [-0.2, -0.15) is 0 Å². The number of hydrogen-bond donors (Lipinski definition) is 2. The van der Waals surface area contributed by atoms with Gasteiger partial charge in [0.05, 0.1) is 5.60 Å². The first-order chi connectivity index (χ1) is 9.54. The first-order valence-corrected chi connectivity index (χ1v) is 8.70. The number of nitrogens with one attached hydrogen (secondary N) is 1. The fraction of sp³-hybridized carbons (Fsp3) is 0.714. The first kappa shape index (κ1) is 15.9. The smallest absolute Gasteiger partial charge is 0.190 e. The van der Waals surface area contributed by atoms with E-state index in [1.54, 1.807) is 6.07 Å². The highest BCUT2D eigenvalue weighted by Gasteiger charge is 2.32. The summed E-state index contributed by atoms with van der Waals surface area (Å²) in [5.74, 6) is 1.45. The van der Waals surface area contributed by atoms with Crippen molar-refractivity contribution in [3.05, 3.63) is 11.2 Å². The van der Waals surface area contributed by atoms with Gasteiger partial charge in [-0.1, -0.05) is 36.7 Å². The Hall–Kier alpha value is -0.520. The maximum Gasteiger partial charge on any atom is 0.190 e. The van der Waals surface area contributed by atoms with Crippen molar-refractivity contribution in [2.24, 2.45) is 5.92 Å². The summed E-state index contributed by atoms with van der Waals surface area (Å²) in [5.41, 5.74) is -0.622. The summed E-state index contributed by atoms with van der Waals surface area (Å²) in [6.07, 6.45) is 7.04. The third kappa shape index (κ3) is 4.24. The SMILES string of the molecule is CCC1CCC(O)(CNc2cc(Cl)nc(SC)n2)CC1. The molecule has 4 nitrogen and oxygen atoms in total. The normalized spacial score (nSPS) is 26.5. The second kappa shape index (κ2) is 6.96. The molecule has 1 aliphatic rings. The van der Waals surface area contributed by atoms with Gasteiger partial charge in [0.2, 0.25) is 0 Å². The molecule has 0 aliphatic heterocycles. The molecule has 0 atom stereocenters. The molecule has 1 aromatic heterocycles. The topological polar surface area (TPSA) is 58.0 Å². The second-order valence-electron chi connectivity index (χ2n) is 5.49. The minimum absolute atomic E-state index is 0.425. The van der Waals surface area contributed by atoms with Gasteiger partial charge in [0.25, 0.3) is 0 Å². The molecule has 1 aromatic rings. The van der Waals surface area contributed by atoms with Crippen molar-refractivity contribution < 1.29 is 5.11 Å². The van der Waals surface area contributed by atoms with Crippen LogP contribution in [0.3, 0.4) is 0 Å². The fourth-order valence-corrected chi connectivity index (χ4v) is 3.25. The lowest BCUT2D eigenvalue weighted by molar-refractivity contribution is 0.00222. The van der Waals surface area contributed by atoms with Gasteiger partial charge in [0, 0.05) is 12.6 Å². The highest BCUT2D eigenvalue weighted by molar-refractivity contribution is 7.98. The van der Waals surface area contributed by atoms with E-state index in [2.05, 4.69) is 22.2 Å². The summed E-state index contributed by atoms with van der Waals surface area (Å²) < 4.78 is 0. The van der Waals surface area contributed by atoms with Gasteiger partial charge in [-0.3, -0.25) is 0 Å². The van der Waals surface area contributed by atoms with Crippen molar-refractivity contribution in [1.29, 1.82) is 0 Å². The Morgan fingerprint density at radius 1 is 1.45 bits per heavy atom. The Kier molecular flexibility index (Phi) is 5.52. The van der Waals surface area contributed by atoms with Crippen LogP contribution in [0.1, 0.15) is 39.0 Å². The van der Waals surface area contributed by atoms with Crippen molar-refractivity contribution in [2.75, 3.05) is 18.1 Å². The van der Waals surface area contributed by atoms with Crippen molar-refractivity contribution in [2.45, 2.75) is 49.8 Å². The van der Waals surface area contributed by atoms with Crippen LogP contribution in [0.25, 0.3) is 0 Å². The molecule has 20 heavy (non-hydrogen) atoms. The summed E-state index contributed by atoms with van der Waals surface area (Å²) in [7, 11) is 0. The molecule has 0 amide bonds. The van der Waals surface area contributed by atoms with Crippen LogP contribution < -0.4 is 5.32 Å². The molecule has 1 aliphatic carbocycles. The largest absolute Gasteiger partial charge is 0.388 e. The number of nitrogens with zero attached hydrogens (tertiary/aromatic N) is 2. The number of rotatable bonds is 5. The monoisotopic (exact) mass is 315 g/mol. The molecule has 2 rings (SSSR count). The summed E-state index contributed by atoms with van der Waals surface area (Å²) in [5, 5.41) is 14.9. The van der Waals surface area contributed by atoms with Gasteiger partial charge in [-0.15, -0.1) is 0 Å². The van der Waals surface area contributed by atoms with E-state index in [-0.39, 0.29) is 0 Å². The second-order valence-corrected chi connectivity index (χ2v) is 6.65. The van der Waals surface area contributed by atoms with Crippen LogP contribution in [0, 0.1) is 5.92 Å². The zero-order valence-electron chi connectivity index (χ0n) is 12.0. The van der Waals surface area contributed by atoms with E-state index in [1.165, 1.54) is 18.2 Å². The molecule has 1 saturated carbocycles. The van der Waals surface area contributed by atoms with E-state index >= 15 is 0 Å². The molecular weight excluding hydrogens is 294 g/mol. The van der Waals surface area contributed by atoms with Crippen molar-refractivity contribution in [1.82, 2.24) is 9.97 Å². The van der Waals surface area contributed by atoms with E-state index in [4.69, 9.17) is 11.6 Å². The molecule has 0 spiro atoms. The predicted molar refractivity (Wildman–Crippen MR) is 84.5 cm³/mol. The molecule has 0 aromatic carbocycles. The van der Waals surface area contributed by atoms with E-state index in [1.807, 2.05) is 6.26 Å². The van der Waals surface area contributed by atoms with Gasteiger partial charge in [-0.25, -0.2) is 9.97 Å². The van der Waals surface area contributed by atoms with Crippen molar-refractivity contribution in [3.8, 4) is 0 Å². The van der Waals surface area contributed by atoms with Crippen molar-refractivity contribution in [3.63, 3.8) is 0 Å². The van der Waals surface area contributed by atoms with Gasteiger partial charge in [0.1, 0.15) is 11.0 Å². The van der Waals surface area contributed by atoms with Crippen LogP contribution >= 0.6 is 23.4 Å². The van der Waals surface area contributed by atoms with Crippen LogP contribution in [0.15, 0.2) is 11.2 Å². The Bertz CT molecular complexity index is 450. The van der Waals surface area contributed by atoms with Crippen LogP contribution in [0.4, 0.5) is 5.82 Å². The molecule has 6 heteroatoms. The van der Waals surface area contributed by atoms with Gasteiger partial charge in [0.15, 0.2) is 5.16 Å². The molecule has 1 fully saturated rings. The maximum atomic E-state index is 10.6. The van der Waals surface area contributed by atoms with E-state index in [9.17, 15) is 5.11 Å². The highest BCUT2D eigenvalue weighted by Crippen LogP contribution is 2.33. The average molecular weight is 316 g/mol. The summed E-state index contributed by atoms with van der Waals surface area (Å²) in [6, 6.07) is 1.70. The first-order valence-electron chi connectivity index (χ1n) is 7.09. The molecule has 1 heterocycles. The van der Waals surface area contributed by atoms with E-state index < -0.39 is 5.60 Å². The van der Waals surface area contributed by atoms with Crippen molar-refractivity contribution >= 4 is 29.2 Å². The summed E-state index contributed by atoms with van der Waals surface area (Å²) in [6.45, 7) is 2.74. The predicted octanol–water partition coefficient (Wildman–Crippen LogP) is 3.60. The Morgan fingerprint density at radius 2 is 2.15 bits per heavy atom. The Morgan fingerprint density at radius 3 is 2.75 bits per heavy atom. The van der Waals surface area contributed by atoms with Gasteiger partial charge >= 0.3 is 0 Å². The molecule has 0 unspecified atom stereocenters. The van der Waals surface area contributed by atoms with Gasteiger partial charge in [-0.05, 0) is 37.9 Å². The molecule has 112 valence electrons. The third-order valence-corrected chi connectivity index (χ3v) is 4.81. The molecule has 0 radical (unpaired) electrons. The molecule has 2 N–H and O–H groups in total. The third-order valence-electron chi connectivity index (χ3n) is 4.07. The fourth-order valence-electron chi connectivity index (χ4n) is 2.63. The molecule has 0 bridgehead atoms. The lowest BCUT2D eigenvalue weighted by Gasteiger charge is -2.36. The molecular formula is C14H22ClN3OS. The zero-order valence-corrected chi connectivity index (χ0v) is 13.6. The van der Waals surface area contributed by atoms with E-state index in [0.29, 0.717) is 22.7 Å². The van der Waals surface area contributed by atoms with Crippen LogP contribution in [-0.4, -0.2) is 33.5 Å². The number of thioether (sulfide) groups is 1. The average Bonchev–Trinajstić information content (AvgIpc) is 2.45. The Balaban J connectivity index is 1.93. The number of anilines is 1. The standard InChI is InChI=1S/C14H22ClN3OS/c1-3-10-4-6-14(19,7-5-10)9-16-12-8-11(15)17-13(18-12)20-2/h8,10,19H,3-7,9H2,1-2H3,(H,16,17,18). The van der Waals surface area contributed by atoms with Crippen LogP contribution in [0.2, 0.25) is 5.15 Å². The van der Waals surface area contributed by atoms with Crippen LogP contribution in [0.5, 0.6) is 0 Å². The molecule has 0 saturated heterocycles. The van der Waals surface area contributed by atoms with E-state index in [0.717, 1.165) is 31.6 Å². The minimum Gasteiger partial charge on any atom is -0.388 e. The lowest BCUT2D eigenvalue weighted by Crippen LogP contribution is -2.40. The van der Waals surface area contributed by atoms with Gasteiger partial charge < -0.3 is 10.4 Å². The number of hydrogen-bond acceptors (Lipinski definition) is 5. The summed E-state index contributed by atoms with van der Waals surface area (Å²) in [4.78, 5) is 8.44. The summed E-state index contributed by atoms with van der Waals surface area (Å²) >= 11 is 7.41. The highest BCUT2D eigenvalue weighted by atomic mass is 35.5.